The van der Waals surface area contributed by atoms with Crippen LogP contribution in [0.25, 0.3) is 0 Å². The van der Waals surface area contributed by atoms with E-state index in [0.29, 0.717) is 0 Å². The summed E-state index contributed by atoms with van der Waals surface area (Å²) >= 11 is 0. The van der Waals surface area contributed by atoms with Gasteiger partial charge in [0.1, 0.15) is 0 Å². The molecule has 94 valence electrons. The van der Waals surface area contributed by atoms with E-state index in [1.807, 2.05) is 7.05 Å². The van der Waals surface area contributed by atoms with Crippen molar-refractivity contribution < 1.29 is 4.74 Å². The van der Waals surface area contributed by atoms with Gasteiger partial charge in [-0.05, 0) is 32.2 Å². The van der Waals surface area contributed by atoms with E-state index in [1.165, 1.54) is 57.8 Å². The predicted molar refractivity (Wildman–Crippen MR) is 67.7 cm³/mol. The number of nitrogens with one attached hydrogen (secondary N) is 1. The Morgan fingerprint density at radius 3 is 2.44 bits per heavy atom. The zero-order chi connectivity index (χ0) is 11.3. The van der Waals surface area contributed by atoms with E-state index in [0.717, 1.165) is 19.1 Å². The van der Waals surface area contributed by atoms with Crippen LogP contribution < -0.4 is 5.32 Å². The molecular formula is C14H27NO. The van der Waals surface area contributed by atoms with Gasteiger partial charge < -0.3 is 10.1 Å². The molecule has 0 aromatic carbocycles. The summed E-state index contributed by atoms with van der Waals surface area (Å²) in [6.45, 7) is 2.03. The van der Waals surface area contributed by atoms with Gasteiger partial charge in [0.05, 0.1) is 5.60 Å². The van der Waals surface area contributed by atoms with Crippen molar-refractivity contribution in [3.8, 4) is 0 Å². The van der Waals surface area contributed by atoms with Crippen molar-refractivity contribution in [3.05, 3.63) is 0 Å². The van der Waals surface area contributed by atoms with E-state index in [-0.39, 0.29) is 5.60 Å². The molecule has 2 aliphatic rings. The molecule has 0 atom stereocenters. The van der Waals surface area contributed by atoms with Crippen LogP contribution in [-0.4, -0.2) is 25.8 Å². The topological polar surface area (TPSA) is 21.3 Å². The number of hydrogen-bond acceptors (Lipinski definition) is 2. The molecule has 0 unspecified atom stereocenters. The summed E-state index contributed by atoms with van der Waals surface area (Å²) < 4.78 is 6.25. The molecule has 0 aliphatic heterocycles. The fourth-order valence-corrected chi connectivity index (χ4v) is 3.11. The van der Waals surface area contributed by atoms with Crippen LogP contribution >= 0.6 is 0 Å². The van der Waals surface area contributed by atoms with Gasteiger partial charge in [-0.15, -0.1) is 0 Å². The normalized spacial score (nSPS) is 25.3. The van der Waals surface area contributed by atoms with Gasteiger partial charge in [-0.3, -0.25) is 0 Å². The molecule has 2 nitrogen and oxygen atoms in total. The largest absolute Gasteiger partial charge is 0.374 e. The molecule has 2 aliphatic carbocycles. The fourth-order valence-electron chi connectivity index (χ4n) is 3.11. The van der Waals surface area contributed by atoms with Crippen molar-refractivity contribution >= 4 is 0 Å². The fraction of sp³-hybridized carbons (Fsp3) is 1.00. The highest BCUT2D eigenvalue weighted by Gasteiger charge is 2.32. The average Bonchev–Trinajstić information content (AvgIpc) is 2.24. The minimum Gasteiger partial charge on any atom is -0.374 e. The molecule has 0 amide bonds. The van der Waals surface area contributed by atoms with E-state index in [2.05, 4.69) is 5.32 Å². The average molecular weight is 225 g/mol. The SMILES string of the molecule is CNCC1(OCCC2CCC2)CCCCC1. The third-order valence-corrected chi connectivity index (χ3v) is 4.42. The Morgan fingerprint density at radius 1 is 1.12 bits per heavy atom. The standard InChI is InChI=1S/C14H27NO/c1-15-12-14(9-3-2-4-10-14)16-11-8-13-6-5-7-13/h13,15H,2-12H2,1H3. The van der Waals surface area contributed by atoms with Crippen molar-refractivity contribution in [3.63, 3.8) is 0 Å². The third-order valence-electron chi connectivity index (χ3n) is 4.42. The highest BCUT2D eigenvalue weighted by Crippen LogP contribution is 2.33. The van der Waals surface area contributed by atoms with Crippen LogP contribution in [0.5, 0.6) is 0 Å². The molecule has 0 saturated heterocycles. The lowest BCUT2D eigenvalue weighted by atomic mass is 9.82. The Bertz CT molecular complexity index is 189. The quantitative estimate of drug-likeness (QED) is 0.750. The van der Waals surface area contributed by atoms with Crippen molar-refractivity contribution in [2.45, 2.75) is 63.4 Å². The second-order valence-electron chi connectivity index (χ2n) is 5.71. The first-order chi connectivity index (χ1) is 7.85. The summed E-state index contributed by atoms with van der Waals surface area (Å²) in [6.07, 6.45) is 12.3. The first kappa shape index (κ1) is 12.4. The van der Waals surface area contributed by atoms with E-state index < -0.39 is 0 Å². The maximum Gasteiger partial charge on any atom is 0.0806 e. The number of rotatable bonds is 6. The zero-order valence-electron chi connectivity index (χ0n) is 10.8. The van der Waals surface area contributed by atoms with Crippen LogP contribution in [0, 0.1) is 5.92 Å². The molecule has 2 rings (SSSR count). The third kappa shape index (κ3) is 3.21. The molecule has 2 saturated carbocycles. The van der Waals surface area contributed by atoms with Crippen LogP contribution in [0.1, 0.15) is 57.8 Å². The van der Waals surface area contributed by atoms with Gasteiger partial charge in [-0.2, -0.15) is 0 Å². The molecule has 0 bridgehead atoms. The van der Waals surface area contributed by atoms with Gasteiger partial charge in [0, 0.05) is 13.2 Å². The summed E-state index contributed by atoms with van der Waals surface area (Å²) in [4.78, 5) is 0. The van der Waals surface area contributed by atoms with Gasteiger partial charge in [-0.1, -0.05) is 38.5 Å². The van der Waals surface area contributed by atoms with E-state index in [9.17, 15) is 0 Å². The van der Waals surface area contributed by atoms with E-state index in [4.69, 9.17) is 4.74 Å². The van der Waals surface area contributed by atoms with Crippen molar-refractivity contribution in [1.29, 1.82) is 0 Å². The molecule has 2 heteroatoms. The van der Waals surface area contributed by atoms with Gasteiger partial charge in [-0.25, -0.2) is 0 Å². The molecule has 0 radical (unpaired) electrons. The summed E-state index contributed by atoms with van der Waals surface area (Å²) in [5.41, 5.74) is 0.177. The Kier molecular flexibility index (Phi) is 4.66. The molecule has 2 fully saturated rings. The summed E-state index contributed by atoms with van der Waals surface area (Å²) in [5.74, 6) is 0.982. The second-order valence-corrected chi connectivity index (χ2v) is 5.71. The second kappa shape index (κ2) is 6.02. The summed E-state index contributed by atoms with van der Waals surface area (Å²) in [6, 6.07) is 0. The smallest absolute Gasteiger partial charge is 0.0806 e. The predicted octanol–water partition coefficient (Wildman–Crippen LogP) is 3.12. The highest BCUT2D eigenvalue weighted by atomic mass is 16.5. The van der Waals surface area contributed by atoms with Crippen LogP contribution in [0.4, 0.5) is 0 Å². The maximum absolute atomic E-state index is 6.25. The minimum atomic E-state index is 0.177. The molecule has 0 aromatic heterocycles. The molecule has 0 heterocycles. The van der Waals surface area contributed by atoms with Crippen molar-refractivity contribution in [2.75, 3.05) is 20.2 Å². The lowest BCUT2D eigenvalue weighted by Crippen LogP contribution is -2.44. The molecule has 0 spiro atoms. The number of ether oxygens (including phenoxy) is 1. The van der Waals surface area contributed by atoms with E-state index in [1.54, 1.807) is 0 Å². The lowest BCUT2D eigenvalue weighted by Gasteiger charge is -2.38. The van der Waals surface area contributed by atoms with Gasteiger partial charge in [0.2, 0.25) is 0 Å². The molecule has 1 N–H and O–H groups in total. The van der Waals surface area contributed by atoms with Gasteiger partial charge in [0.15, 0.2) is 0 Å². The first-order valence-electron chi connectivity index (χ1n) is 7.13. The Hall–Kier alpha value is -0.0800. The number of likely N-dealkylation sites (N-methyl/N-ethyl adjacent to an activating group) is 1. The minimum absolute atomic E-state index is 0.177. The van der Waals surface area contributed by atoms with Crippen LogP contribution in [0.15, 0.2) is 0 Å². The monoisotopic (exact) mass is 225 g/mol. The van der Waals surface area contributed by atoms with Crippen LogP contribution in [0.2, 0.25) is 0 Å². The summed E-state index contributed by atoms with van der Waals surface area (Å²) in [7, 11) is 2.05. The Balaban J connectivity index is 1.72. The van der Waals surface area contributed by atoms with Crippen LogP contribution in [-0.2, 0) is 4.74 Å². The molecule has 0 aromatic rings. The van der Waals surface area contributed by atoms with Crippen molar-refractivity contribution in [1.82, 2.24) is 5.32 Å². The highest BCUT2D eigenvalue weighted by molar-refractivity contribution is 4.86. The Morgan fingerprint density at radius 2 is 1.88 bits per heavy atom. The lowest BCUT2D eigenvalue weighted by molar-refractivity contribution is -0.0736. The van der Waals surface area contributed by atoms with Crippen LogP contribution in [0.3, 0.4) is 0 Å². The molecule has 16 heavy (non-hydrogen) atoms. The maximum atomic E-state index is 6.25. The molecular weight excluding hydrogens is 198 g/mol. The summed E-state index contributed by atoms with van der Waals surface area (Å²) in [5, 5.41) is 3.32. The zero-order valence-corrected chi connectivity index (χ0v) is 10.8. The Labute approximate surface area is 100 Å². The number of hydrogen-bond donors (Lipinski definition) is 1. The van der Waals surface area contributed by atoms with Gasteiger partial charge in [0.25, 0.3) is 0 Å². The van der Waals surface area contributed by atoms with Crippen molar-refractivity contribution in [2.24, 2.45) is 5.92 Å². The first-order valence-corrected chi connectivity index (χ1v) is 7.13. The van der Waals surface area contributed by atoms with E-state index >= 15 is 0 Å². The van der Waals surface area contributed by atoms with Gasteiger partial charge >= 0.3 is 0 Å².